The first kappa shape index (κ1) is 20.8. The van der Waals surface area contributed by atoms with Gasteiger partial charge in [-0.1, -0.05) is 32.0 Å². The Kier molecular flexibility index (Phi) is 5.35. The number of H-pyrrole nitrogens is 2. The number of aromatic amines is 2. The van der Waals surface area contributed by atoms with Crippen molar-refractivity contribution >= 4 is 27.6 Å². The topological polar surface area (TPSA) is 69.0 Å². The molecule has 160 valence electrons. The molecule has 2 aromatic heterocycles. The predicted octanol–water partition coefficient (Wildman–Crippen LogP) is 5.15. The average Bonchev–Trinajstić information content (AvgIpc) is 3.17. The van der Waals surface area contributed by atoms with Crippen molar-refractivity contribution in [3.8, 4) is 0 Å². The molecular weight excluding hydrogens is 400 g/mol. The van der Waals surface area contributed by atoms with Crippen LogP contribution in [0.2, 0.25) is 0 Å². The number of nitrogens with one attached hydrogen (secondary N) is 2. The first-order valence-corrected chi connectivity index (χ1v) is 10.1. The molecule has 0 saturated carbocycles. The van der Waals surface area contributed by atoms with E-state index in [0.717, 1.165) is 23.0 Å². The number of nitrogens with zero attached hydrogens (tertiary/aromatic N) is 1. The average molecular weight is 423 g/mol. The fraction of sp³-hybridized carbons (Fsp3) is 0.250. The Morgan fingerprint density at radius 1 is 1.03 bits per heavy atom. The van der Waals surface area contributed by atoms with Crippen molar-refractivity contribution in [1.29, 1.82) is 0 Å². The van der Waals surface area contributed by atoms with Crippen LogP contribution in [-0.2, 0) is 0 Å². The van der Waals surface area contributed by atoms with Crippen LogP contribution in [0.3, 0.4) is 0 Å². The summed E-state index contributed by atoms with van der Waals surface area (Å²) >= 11 is 0. The second-order valence-corrected chi connectivity index (χ2v) is 8.18. The highest BCUT2D eigenvalue weighted by Crippen LogP contribution is 2.30. The Labute approximate surface area is 177 Å². The first-order valence-electron chi connectivity index (χ1n) is 10.1. The predicted molar refractivity (Wildman–Crippen MR) is 117 cm³/mol. The lowest BCUT2D eigenvalue weighted by molar-refractivity contribution is 0.0661. The lowest BCUT2D eigenvalue weighted by Crippen LogP contribution is -2.37. The molecule has 0 bridgehead atoms. The first-order chi connectivity index (χ1) is 14.8. The molecule has 0 aliphatic carbocycles. The van der Waals surface area contributed by atoms with Crippen molar-refractivity contribution in [3.05, 3.63) is 81.9 Å². The maximum absolute atomic E-state index is 14.0. The molecule has 0 spiro atoms. The molecule has 0 unspecified atom stereocenters. The van der Waals surface area contributed by atoms with Gasteiger partial charge in [-0.25, -0.2) is 8.78 Å². The van der Waals surface area contributed by atoms with Crippen molar-refractivity contribution in [1.82, 2.24) is 14.9 Å². The van der Waals surface area contributed by atoms with Crippen molar-refractivity contribution in [2.45, 2.75) is 26.8 Å². The minimum atomic E-state index is -1.09. The summed E-state index contributed by atoms with van der Waals surface area (Å²) < 4.78 is 27.8. The fourth-order valence-corrected chi connectivity index (χ4v) is 3.94. The molecular formula is C24H23F2N3O2. The van der Waals surface area contributed by atoms with E-state index in [0.29, 0.717) is 17.8 Å². The van der Waals surface area contributed by atoms with E-state index in [-0.39, 0.29) is 22.6 Å². The summed E-state index contributed by atoms with van der Waals surface area (Å²) in [4.78, 5) is 33.1. The SMILES string of the molecule is CC(C)CN(C(=O)c1cc2ccccc2[nH]1)[C@H](C)c1c[nH]c(=O)c2cc(F)c(F)cc12. The molecule has 2 heterocycles. The number of hydrogen-bond acceptors (Lipinski definition) is 2. The van der Waals surface area contributed by atoms with E-state index >= 15 is 0 Å². The van der Waals surface area contributed by atoms with Crippen LogP contribution in [-0.4, -0.2) is 27.3 Å². The quantitative estimate of drug-likeness (QED) is 0.466. The van der Waals surface area contributed by atoms with Gasteiger partial charge in [0, 0.05) is 23.6 Å². The van der Waals surface area contributed by atoms with E-state index in [1.54, 1.807) is 11.0 Å². The van der Waals surface area contributed by atoms with E-state index in [9.17, 15) is 18.4 Å². The maximum Gasteiger partial charge on any atom is 0.270 e. The molecule has 5 nitrogen and oxygen atoms in total. The second-order valence-electron chi connectivity index (χ2n) is 8.18. The van der Waals surface area contributed by atoms with Crippen LogP contribution >= 0.6 is 0 Å². The van der Waals surface area contributed by atoms with Gasteiger partial charge in [-0.15, -0.1) is 0 Å². The van der Waals surface area contributed by atoms with Crippen molar-refractivity contribution in [2.75, 3.05) is 6.54 Å². The normalized spacial score (nSPS) is 12.6. The molecule has 4 rings (SSSR count). The van der Waals surface area contributed by atoms with Crippen molar-refractivity contribution in [3.63, 3.8) is 0 Å². The van der Waals surface area contributed by atoms with Crippen LogP contribution in [0.4, 0.5) is 8.78 Å². The highest BCUT2D eigenvalue weighted by Gasteiger charge is 2.27. The van der Waals surface area contributed by atoms with Crippen LogP contribution in [0.25, 0.3) is 21.7 Å². The summed E-state index contributed by atoms with van der Waals surface area (Å²) in [5, 5.41) is 1.26. The van der Waals surface area contributed by atoms with Gasteiger partial charge in [0.05, 0.1) is 11.4 Å². The summed E-state index contributed by atoms with van der Waals surface area (Å²) in [6, 6.07) is 10.8. The van der Waals surface area contributed by atoms with Gasteiger partial charge in [0.2, 0.25) is 0 Å². The van der Waals surface area contributed by atoms with E-state index in [1.165, 1.54) is 6.20 Å². The van der Waals surface area contributed by atoms with Crippen LogP contribution < -0.4 is 5.56 Å². The third kappa shape index (κ3) is 3.83. The van der Waals surface area contributed by atoms with E-state index in [1.807, 2.05) is 45.0 Å². The Morgan fingerprint density at radius 2 is 1.71 bits per heavy atom. The summed E-state index contributed by atoms with van der Waals surface area (Å²) in [6.45, 7) is 6.26. The zero-order valence-corrected chi connectivity index (χ0v) is 17.5. The monoisotopic (exact) mass is 423 g/mol. The van der Waals surface area contributed by atoms with Gasteiger partial charge in [-0.3, -0.25) is 9.59 Å². The molecule has 1 amide bonds. The van der Waals surface area contributed by atoms with Gasteiger partial charge in [0.1, 0.15) is 5.69 Å². The molecule has 0 aliphatic heterocycles. The third-order valence-corrected chi connectivity index (χ3v) is 5.48. The minimum absolute atomic E-state index is 0.0470. The standard InChI is InChI=1S/C24H23F2N3O2/c1-13(2)12-29(24(31)22-8-15-6-4-5-7-21(15)28-22)14(3)18-11-27-23(30)17-10-20(26)19(25)9-16(17)18/h4-11,13-14,28H,12H2,1-3H3,(H,27,30)/t14-/m1/s1. The Bertz CT molecular complexity index is 1310. The van der Waals surface area contributed by atoms with Gasteiger partial charge < -0.3 is 14.9 Å². The Balaban J connectivity index is 1.81. The minimum Gasteiger partial charge on any atom is -0.351 e. The number of hydrogen-bond donors (Lipinski definition) is 2. The second kappa shape index (κ2) is 7.98. The maximum atomic E-state index is 14.0. The van der Waals surface area contributed by atoms with E-state index < -0.39 is 23.2 Å². The van der Waals surface area contributed by atoms with Gasteiger partial charge in [-0.2, -0.15) is 0 Å². The van der Waals surface area contributed by atoms with Gasteiger partial charge in [0.25, 0.3) is 11.5 Å². The highest BCUT2D eigenvalue weighted by atomic mass is 19.2. The van der Waals surface area contributed by atoms with E-state index in [4.69, 9.17) is 0 Å². The summed E-state index contributed by atoms with van der Waals surface area (Å²) in [5.74, 6) is -2.17. The molecule has 1 atom stereocenters. The number of carbonyl (C=O) groups is 1. The van der Waals surface area contributed by atoms with Crippen molar-refractivity contribution in [2.24, 2.45) is 5.92 Å². The number of pyridine rings is 1. The summed E-state index contributed by atoms with van der Waals surface area (Å²) in [5.41, 5.74) is 1.33. The zero-order valence-electron chi connectivity index (χ0n) is 17.5. The number of halogens is 2. The Morgan fingerprint density at radius 3 is 2.39 bits per heavy atom. The smallest absolute Gasteiger partial charge is 0.270 e. The van der Waals surface area contributed by atoms with Crippen LogP contribution in [0.15, 0.2) is 53.5 Å². The van der Waals surface area contributed by atoms with Gasteiger partial charge in [0.15, 0.2) is 11.6 Å². The van der Waals surface area contributed by atoms with Crippen molar-refractivity contribution < 1.29 is 13.6 Å². The lowest BCUT2D eigenvalue weighted by Gasteiger charge is -2.31. The summed E-state index contributed by atoms with van der Waals surface area (Å²) in [7, 11) is 0. The van der Waals surface area contributed by atoms with Crippen LogP contribution in [0.5, 0.6) is 0 Å². The molecule has 0 saturated heterocycles. The third-order valence-electron chi connectivity index (χ3n) is 5.48. The number of fused-ring (bicyclic) bond motifs is 2. The van der Waals surface area contributed by atoms with Gasteiger partial charge >= 0.3 is 0 Å². The Hall–Kier alpha value is -3.48. The number of amides is 1. The molecule has 31 heavy (non-hydrogen) atoms. The van der Waals surface area contributed by atoms with Gasteiger partial charge in [-0.05, 0) is 48.1 Å². The number of benzene rings is 2. The fourth-order valence-electron chi connectivity index (χ4n) is 3.94. The molecule has 0 fully saturated rings. The van der Waals surface area contributed by atoms with E-state index in [2.05, 4.69) is 9.97 Å². The molecule has 0 radical (unpaired) electrons. The number of carbonyl (C=O) groups excluding carboxylic acids is 1. The zero-order chi connectivity index (χ0) is 22.3. The molecule has 2 N–H and O–H groups in total. The highest BCUT2D eigenvalue weighted by molar-refractivity contribution is 5.98. The van der Waals surface area contributed by atoms with Crippen LogP contribution in [0, 0.1) is 17.6 Å². The number of aromatic nitrogens is 2. The largest absolute Gasteiger partial charge is 0.351 e. The molecule has 7 heteroatoms. The number of rotatable bonds is 5. The molecule has 0 aliphatic rings. The number of para-hydroxylation sites is 1. The van der Waals surface area contributed by atoms with Crippen LogP contribution in [0.1, 0.15) is 42.9 Å². The summed E-state index contributed by atoms with van der Waals surface area (Å²) in [6.07, 6.45) is 1.47. The molecule has 2 aromatic carbocycles. The molecule has 4 aromatic rings. The lowest BCUT2D eigenvalue weighted by atomic mass is 9.99.